The Morgan fingerprint density at radius 2 is 1.70 bits per heavy atom. The Morgan fingerprint density at radius 1 is 1.04 bits per heavy atom. The second-order valence-corrected chi connectivity index (χ2v) is 6.36. The predicted octanol–water partition coefficient (Wildman–Crippen LogP) is 6.10. The number of nitrogens with one attached hydrogen (secondary N) is 2. The molecule has 0 heterocycles. The van der Waals surface area contributed by atoms with Crippen LogP contribution in [0.5, 0.6) is 0 Å². The van der Waals surface area contributed by atoms with Gasteiger partial charge in [-0.15, -0.1) is 0 Å². The van der Waals surface area contributed by atoms with Crippen LogP contribution in [0.2, 0.25) is 10.0 Å². The molecule has 2 aromatic rings. The van der Waals surface area contributed by atoms with Gasteiger partial charge in [-0.05, 0) is 36.4 Å². The van der Waals surface area contributed by atoms with Crippen molar-refractivity contribution in [2.24, 2.45) is 0 Å². The van der Waals surface area contributed by atoms with Crippen LogP contribution in [-0.2, 0) is 0 Å². The third-order valence-electron chi connectivity index (χ3n) is 3.16. The Labute approximate surface area is 166 Å². The van der Waals surface area contributed by atoms with Crippen molar-refractivity contribution in [2.75, 3.05) is 5.32 Å². The highest BCUT2D eigenvalue weighted by atomic mass is 35.5. The first-order valence-electron chi connectivity index (χ1n) is 7.18. The maximum Gasteiger partial charge on any atom is 0.426 e. The minimum Gasteiger partial charge on any atom is -0.307 e. The van der Waals surface area contributed by atoms with Crippen molar-refractivity contribution in [3.63, 3.8) is 0 Å². The molecule has 3 amide bonds. The van der Waals surface area contributed by atoms with Gasteiger partial charge < -0.3 is 5.32 Å². The van der Waals surface area contributed by atoms with Gasteiger partial charge in [-0.1, -0.05) is 46.9 Å². The molecule has 10 heteroatoms. The lowest BCUT2D eigenvalue weighted by atomic mass is 10.1. The smallest absolute Gasteiger partial charge is 0.307 e. The first-order valence-corrected chi connectivity index (χ1v) is 8.32. The predicted molar refractivity (Wildman–Crippen MR) is 99.3 cm³/mol. The molecular formula is C17H10Cl3F3N2O2. The normalized spacial score (nSPS) is 11.9. The standard InChI is InChI=1S/C17H10Cl3F3N2O2/c18-10-5-6-13(9(7-10)8-14(20)17(21,22)23)24-16(27)25-15(26)11-3-1-2-4-12(11)19/h1-8H,(H2,24,25,26,27)/b14-8-. The number of hydrogen-bond donors (Lipinski definition) is 2. The average Bonchev–Trinajstić information content (AvgIpc) is 2.56. The summed E-state index contributed by atoms with van der Waals surface area (Å²) in [5, 5.41) is 3.16. The van der Waals surface area contributed by atoms with Gasteiger partial charge in [0.05, 0.1) is 10.6 Å². The Morgan fingerprint density at radius 3 is 2.33 bits per heavy atom. The second-order valence-electron chi connectivity index (χ2n) is 5.11. The molecule has 0 bridgehead atoms. The zero-order valence-electron chi connectivity index (χ0n) is 13.2. The van der Waals surface area contributed by atoms with Crippen LogP contribution in [0.25, 0.3) is 6.08 Å². The highest BCUT2D eigenvalue weighted by molar-refractivity contribution is 6.34. The van der Waals surface area contributed by atoms with Gasteiger partial charge >= 0.3 is 12.2 Å². The molecule has 0 aliphatic carbocycles. The van der Waals surface area contributed by atoms with Crippen molar-refractivity contribution >= 4 is 58.5 Å². The number of imide groups is 1. The molecule has 0 aromatic heterocycles. The van der Waals surface area contributed by atoms with E-state index in [1.54, 1.807) is 12.1 Å². The lowest BCUT2D eigenvalue weighted by molar-refractivity contribution is -0.0836. The molecule has 27 heavy (non-hydrogen) atoms. The van der Waals surface area contributed by atoms with Gasteiger partial charge in [-0.2, -0.15) is 13.2 Å². The van der Waals surface area contributed by atoms with Gasteiger partial charge in [0.15, 0.2) is 0 Å². The van der Waals surface area contributed by atoms with E-state index in [0.717, 1.165) is 0 Å². The molecule has 0 saturated heterocycles. The molecule has 0 fully saturated rings. The number of carbonyl (C=O) groups excluding carboxylic acids is 2. The molecule has 0 spiro atoms. The lowest BCUT2D eigenvalue weighted by Crippen LogP contribution is -2.34. The van der Waals surface area contributed by atoms with Gasteiger partial charge in [-0.25, -0.2) is 4.79 Å². The maximum atomic E-state index is 12.6. The van der Waals surface area contributed by atoms with E-state index in [0.29, 0.717) is 6.08 Å². The van der Waals surface area contributed by atoms with Crippen LogP contribution in [0, 0.1) is 0 Å². The summed E-state index contributed by atoms with van der Waals surface area (Å²) in [5.41, 5.74) is -0.0675. The number of urea groups is 1. The van der Waals surface area contributed by atoms with Crippen LogP contribution >= 0.6 is 34.8 Å². The largest absolute Gasteiger partial charge is 0.426 e. The molecule has 142 valence electrons. The number of benzene rings is 2. The maximum absolute atomic E-state index is 12.6. The van der Waals surface area contributed by atoms with E-state index in [-0.39, 0.29) is 26.9 Å². The van der Waals surface area contributed by atoms with E-state index < -0.39 is 23.1 Å². The first-order chi connectivity index (χ1) is 12.6. The SMILES string of the molecule is O=C(NC(=O)c1ccccc1Cl)Nc1ccc(Cl)cc1/C=C(\Cl)C(F)(F)F. The fourth-order valence-corrected chi connectivity index (χ4v) is 2.47. The van der Waals surface area contributed by atoms with E-state index in [1.807, 2.05) is 5.32 Å². The van der Waals surface area contributed by atoms with E-state index in [4.69, 9.17) is 34.8 Å². The number of halogens is 6. The topological polar surface area (TPSA) is 58.2 Å². The quantitative estimate of drug-likeness (QED) is 0.610. The fraction of sp³-hybridized carbons (Fsp3) is 0.0588. The van der Waals surface area contributed by atoms with Gasteiger partial charge in [0.1, 0.15) is 5.03 Å². The van der Waals surface area contributed by atoms with Crippen molar-refractivity contribution in [1.82, 2.24) is 5.32 Å². The lowest BCUT2D eigenvalue weighted by Gasteiger charge is -2.11. The number of carbonyl (C=O) groups is 2. The number of amides is 3. The summed E-state index contributed by atoms with van der Waals surface area (Å²) in [7, 11) is 0. The summed E-state index contributed by atoms with van der Waals surface area (Å²) < 4.78 is 37.9. The zero-order chi connectivity index (χ0) is 20.2. The van der Waals surface area contributed by atoms with Crippen LogP contribution in [-0.4, -0.2) is 18.1 Å². The van der Waals surface area contributed by atoms with Crippen molar-refractivity contribution < 1.29 is 22.8 Å². The Hall–Kier alpha value is -2.22. The summed E-state index contributed by atoms with van der Waals surface area (Å²) in [4.78, 5) is 24.1. The molecular weight excluding hydrogens is 428 g/mol. The van der Waals surface area contributed by atoms with E-state index >= 15 is 0 Å². The number of anilines is 1. The summed E-state index contributed by atoms with van der Waals surface area (Å²) in [5.74, 6) is -0.780. The van der Waals surface area contributed by atoms with Crippen molar-refractivity contribution in [3.05, 3.63) is 68.7 Å². The molecule has 0 saturated carbocycles. The number of allylic oxidation sites excluding steroid dienone is 1. The molecule has 0 radical (unpaired) electrons. The van der Waals surface area contributed by atoms with Crippen LogP contribution in [0.3, 0.4) is 0 Å². The molecule has 2 N–H and O–H groups in total. The fourth-order valence-electron chi connectivity index (χ4n) is 1.95. The van der Waals surface area contributed by atoms with Crippen molar-refractivity contribution in [1.29, 1.82) is 0 Å². The highest BCUT2D eigenvalue weighted by Gasteiger charge is 2.32. The van der Waals surface area contributed by atoms with E-state index in [2.05, 4.69) is 5.32 Å². The summed E-state index contributed by atoms with van der Waals surface area (Å²) >= 11 is 16.9. The Bertz CT molecular complexity index is 915. The van der Waals surface area contributed by atoms with Gasteiger partial charge in [0, 0.05) is 16.3 Å². The molecule has 4 nitrogen and oxygen atoms in total. The van der Waals surface area contributed by atoms with Gasteiger partial charge in [-0.3, -0.25) is 10.1 Å². The van der Waals surface area contributed by atoms with Gasteiger partial charge in [0.25, 0.3) is 5.91 Å². The number of hydrogen-bond acceptors (Lipinski definition) is 2. The summed E-state index contributed by atoms with van der Waals surface area (Å²) in [6, 6.07) is 8.87. The van der Waals surface area contributed by atoms with Crippen LogP contribution in [0.4, 0.5) is 23.7 Å². The van der Waals surface area contributed by atoms with E-state index in [9.17, 15) is 22.8 Å². The molecule has 0 aliphatic heterocycles. The minimum atomic E-state index is -4.76. The molecule has 2 rings (SSSR count). The Kier molecular flexibility index (Phi) is 6.75. The molecule has 0 unspecified atom stereocenters. The zero-order valence-corrected chi connectivity index (χ0v) is 15.5. The van der Waals surface area contributed by atoms with Crippen LogP contribution in [0.15, 0.2) is 47.5 Å². The molecule has 0 aliphatic rings. The average molecular weight is 438 g/mol. The van der Waals surface area contributed by atoms with Crippen molar-refractivity contribution in [2.45, 2.75) is 6.18 Å². The molecule has 0 atom stereocenters. The van der Waals surface area contributed by atoms with Crippen molar-refractivity contribution in [3.8, 4) is 0 Å². The number of rotatable bonds is 3. The first kappa shape index (κ1) is 21.1. The second kappa shape index (κ2) is 8.65. The molecule has 2 aromatic carbocycles. The number of alkyl halides is 3. The van der Waals surface area contributed by atoms with E-state index in [1.165, 1.54) is 30.3 Å². The monoisotopic (exact) mass is 436 g/mol. The third-order valence-corrected chi connectivity index (χ3v) is 4.05. The van der Waals surface area contributed by atoms with Gasteiger partial charge in [0.2, 0.25) is 0 Å². The van der Waals surface area contributed by atoms with Crippen LogP contribution in [0.1, 0.15) is 15.9 Å². The van der Waals surface area contributed by atoms with Crippen LogP contribution < -0.4 is 10.6 Å². The third kappa shape index (κ3) is 5.89. The highest BCUT2D eigenvalue weighted by Crippen LogP contribution is 2.32. The minimum absolute atomic E-state index is 0.0359. The summed E-state index contributed by atoms with van der Waals surface area (Å²) in [6.45, 7) is 0. The Balaban J connectivity index is 2.21. The summed E-state index contributed by atoms with van der Waals surface area (Å²) in [6.07, 6.45) is -4.15.